The maximum absolute atomic E-state index is 11.8. The molecular formula is C13H10ClN5O. The number of hydrogen-bond acceptors (Lipinski definition) is 5. The van der Waals surface area contributed by atoms with Gasteiger partial charge >= 0.3 is 0 Å². The normalized spacial score (nSPS) is 20.4. The van der Waals surface area contributed by atoms with Gasteiger partial charge in [-0.1, -0.05) is 11.6 Å². The molecule has 3 N–H and O–H groups in total. The van der Waals surface area contributed by atoms with Crippen molar-refractivity contribution in [3.05, 3.63) is 23.5 Å². The molecule has 20 heavy (non-hydrogen) atoms. The molecule has 3 rings (SSSR count). The van der Waals surface area contributed by atoms with Crippen LogP contribution >= 0.6 is 11.6 Å². The standard InChI is InChI=1S/C13H10ClN5O/c14-10-2-6-3-11(17-5-9(6)12(16)18-10)19-13(20)8-1-7(8)4-15/h2-3,5,7-8H,1H2,(H2,16,18)(H,17,19,20). The molecular weight excluding hydrogens is 278 g/mol. The molecule has 6 nitrogen and oxygen atoms in total. The Hall–Kier alpha value is -2.39. The number of nitrogens with one attached hydrogen (secondary N) is 1. The molecule has 0 aliphatic heterocycles. The number of pyridine rings is 2. The summed E-state index contributed by atoms with van der Waals surface area (Å²) in [6.45, 7) is 0. The molecule has 0 saturated heterocycles. The van der Waals surface area contributed by atoms with Gasteiger partial charge in [-0.3, -0.25) is 4.79 Å². The number of nitrogen functional groups attached to an aromatic ring is 1. The summed E-state index contributed by atoms with van der Waals surface area (Å²) in [4.78, 5) is 19.9. The van der Waals surface area contributed by atoms with Crippen LogP contribution in [0.15, 0.2) is 18.3 Å². The molecule has 0 radical (unpaired) electrons. The van der Waals surface area contributed by atoms with E-state index in [0.717, 1.165) is 5.39 Å². The van der Waals surface area contributed by atoms with Crippen molar-refractivity contribution in [2.24, 2.45) is 11.8 Å². The molecule has 1 saturated carbocycles. The highest BCUT2D eigenvalue weighted by atomic mass is 35.5. The third kappa shape index (κ3) is 2.24. The van der Waals surface area contributed by atoms with Crippen molar-refractivity contribution in [1.82, 2.24) is 9.97 Å². The number of carbonyl (C=O) groups is 1. The van der Waals surface area contributed by atoms with E-state index in [9.17, 15) is 4.79 Å². The zero-order valence-corrected chi connectivity index (χ0v) is 11.1. The largest absolute Gasteiger partial charge is 0.383 e. The lowest BCUT2D eigenvalue weighted by molar-refractivity contribution is -0.117. The number of fused-ring (bicyclic) bond motifs is 1. The highest BCUT2D eigenvalue weighted by Crippen LogP contribution is 2.38. The molecule has 2 heterocycles. The van der Waals surface area contributed by atoms with Crippen molar-refractivity contribution in [2.45, 2.75) is 6.42 Å². The Kier molecular flexibility index (Phi) is 2.92. The summed E-state index contributed by atoms with van der Waals surface area (Å²) in [6, 6.07) is 5.41. The minimum absolute atomic E-state index is 0.176. The summed E-state index contributed by atoms with van der Waals surface area (Å²) < 4.78 is 0. The molecule has 2 aromatic heterocycles. The minimum atomic E-state index is -0.233. The average molecular weight is 288 g/mol. The van der Waals surface area contributed by atoms with E-state index in [-0.39, 0.29) is 22.9 Å². The molecule has 100 valence electrons. The van der Waals surface area contributed by atoms with Crippen molar-refractivity contribution in [2.75, 3.05) is 11.1 Å². The predicted octanol–water partition coefficient (Wildman–Crippen LogP) is 1.96. The Labute approximate surface area is 119 Å². The molecule has 2 unspecified atom stereocenters. The van der Waals surface area contributed by atoms with Crippen molar-refractivity contribution in [3.63, 3.8) is 0 Å². The van der Waals surface area contributed by atoms with Crippen LogP contribution in [-0.2, 0) is 4.79 Å². The fourth-order valence-electron chi connectivity index (χ4n) is 2.05. The van der Waals surface area contributed by atoms with Crippen LogP contribution in [0.1, 0.15) is 6.42 Å². The van der Waals surface area contributed by atoms with Gasteiger partial charge in [0.25, 0.3) is 0 Å². The smallest absolute Gasteiger partial charge is 0.230 e. The van der Waals surface area contributed by atoms with E-state index in [2.05, 4.69) is 21.4 Å². The van der Waals surface area contributed by atoms with Gasteiger partial charge in [-0.05, 0) is 23.9 Å². The van der Waals surface area contributed by atoms with Gasteiger partial charge in [0.15, 0.2) is 0 Å². The second-order valence-electron chi connectivity index (χ2n) is 4.69. The van der Waals surface area contributed by atoms with Crippen molar-refractivity contribution in [1.29, 1.82) is 5.26 Å². The summed E-state index contributed by atoms with van der Waals surface area (Å²) in [5.74, 6) is 0.113. The van der Waals surface area contributed by atoms with E-state index >= 15 is 0 Å². The number of carbonyl (C=O) groups excluding carboxylic acids is 1. The van der Waals surface area contributed by atoms with E-state index in [1.54, 1.807) is 12.1 Å². The number of anilines is 2. The number of hydrogen-bond donors (Lipinski definition) is 2. The third-order valence-electron chi connectivity index (χ3n) is 3.26. The van der Waals surface area contributed by atoms with Crippen LogP contribution in [0.5, 0.6) is 0 Å². The summed E-state index contributed by atoms with van der Waals surface area (Å²) in [6.07, 6.45) is 2.15. The Morgan fingerprint density at radius 3 is 3.05 bits per heavy atom. The summed E-state index contributed by atoms with van der Waals surface area (Å²) in [5.41, 5.74) is 5.74. The van der Waals surface area contributed by atoms with Crippen LogP contribution in [-0.4, -0.2) is 15.9 Å². The maximum atomic E-state index is 11.8. The predicted molar refractivity (Wildman–Crippen MR) is 74.8 cm³/mol. The zero-order chi connectivity index (χ0) is 14.3. The van der Waals surface area contributed by atoms with Gasteiger partial charge in [0.1, 0.15) is 16.8 Å². The first-order chi connectivity index (χ1) is 9.58. The highest BCUT2D eigenvalue weighted by Gasteiger charge is 2.43. The number of halogens is 1. The first-order valence-electron chi connectivity index (χ1n) is 6.00. The van der Waals surface area contributed by atoms with E-state index in [1.807, 2.05) is 0 Å². The maximum Gasteiger partial charge on any atom is 0.230 e. The van der Waals surface area contributed by atoms with Crippen LogP contribution in [0, 0.1) is 23.2 Å². The van der Waals surface area contributed by atoms with Gasteiger partial charge in [0.2, 0.25) is 5.91 Å². The number of nitrogens with zero attached hydrogens (tertiary/aromatic N) is 3. The van der Waals surface area contributed by atoms with Gasteiger partial charge in [-0.2, -0.15) is 5.26 Å². The van der Waals surface area contributed by atoms with E-state index in [4.69, 9.17) is 22.6 Å². The fraction of sp³-hybridized carbons (Fsp3) is 0.231. The van der Waals surface area contributed by atoms with E-state index in [0.29, 0.717) is 23.4 Å². The van der Waals surface area contributed by atoms with E-state index in [1.165, 1.54) is 6.20 Å². The molecule has 0 aromatic carbocycles. The number of nitriles is 1. The number of rotatable bonds is 2. The number of amides is 1. The van der Waals surface area contributed by atoms with Crippen LogP contribution in [0.2, 0.25) is 5.15 Å². The van der Waals surface area contributed by atoms with Crippen LogP contribution in [0.4, 0.5) is 11.6 Å². The first kappa shape index (κ1) is 12.6. The van der Waals surface area contributed by atoms with Gasteiger partial charge in [0.05, 0.1) is 17.9 Å². The monoisotopic (exact) mass is 287 g/mol. The summed E-state index contributed by atoms with van der Waals surface area (Å²) in [7, 11) is 0. The summed E-state index contributed by atoms with van der Waals surface area (Å²) in [5, 5.41) is 13.1. The molecule has 1 aliphatic carbocycles. The lowest BCUT2D eigenvalue weighted by atomic mass is 10.2. The van der Waals surface area contributed by atoms with Crippen molar-refractivity contribution < 1.29 is 4.79 Å². The minimum Gasteiger partial charge on any atom is -0.383 e. The Morgan fingerprint density at radius 1 is 1.55 bits per heavy atom. The Balaban J connectivity index is 1.86. The van der Waals surface area contributed by atoms with Gasteiger partial charge in [-0.25, -0.2) is 9.97 Å². The van der Waals surface area contributed by atoms with Crippen LogP contribution in [0.25, 0.3) is 10.8 Å². The second kappa shape index (κ2) is 4.62. The molecule has 1 aliphatic rings. The first-order valence-corrected chi connectivity index (χ1v) is 6.38. The number of aromatic nitrogens is 2. The van der Waals surface area contributed by atoms with Crippen molar-refractivity contribution in [3.8, 4) is 6.07 Å². The quantitative estimate of drug-likeness (QED) is 0.822. The molecule has 7 heteroatoms. The van der Waals surface area contributed by atoms with Gasteiger partial charge in [-0.15, -0.1) is 0 Å². The molecule has 1 fully saturated rings. The Morgan fingerprint density at radius 2 is 2.35 bits per heavy atom. The van der Waals surface area contributed by atoms with E-state index < -0.39 is 0 Å². The second-order valence-corrected chi connectivity index (χ2v) is 5.08. The van der Waals surface area contributed by atoms with Gasteiger partial charge < -0.3 is 11.1 Å². The summed E-state index contributed by atoms with van der Waals surface area (Å²) >= 11 is 5.85. The lowest BCUT2D eigenvalue weighted by Gasteiger charge is -2.06. The molecule has 1 amide bonds. The molecule has 0 bridgehead atoms. The molecule has 0 spiro atoms. The van der Waals surface area contributed by atoms with Gasteiger partial charge in [0, 0.05) is 11.6 Å². The van der Waals surface area contributed by atoms with Crippen LogP contribution in [0.3, 0.4) is 0 Å². The molecule has 2 atom stereocenters. The average Bonchev–Trinajstić information content (AvgIpc) is 3.17. The van der Waals surface area contributed by atoms with Crippen LogP contribution < -0.4 is 11.1 Å². The third-order valence-corrected chi connectivity index (χ3v) is 3.45. The molecule has 2 aromatic rings. The fourth-order valence-corrected chi connectivity index (χ4v) is 2.26. The SMILES string of the molecule is N#CC1CC1C(=O)Nc1cc2cc(Cl)nc(N)c2cn1. The lowest BCUT2D eigenvalue weighted by Crippen LogP contribution is -2.15. The topological polar surface area (TPSA) is 105 Å². The number of nitrogens with two attached hydrogens (primary N) is 1. The Bertz CT molecular complexity index is 754. The zero-order valence-electron chi connectivity index (χ0n) is 10.3. The highest BCUT2D eigenvalue weighted by molar-refractivity contribution is 6.30. The van der Waals surface area contributed by atoms with Crippen molar-refractivity contribution >= 4 is 39.9 Å².